The van der Waals surface area contributed by atoms with Crippen LogP contribution in [0, 0.1) is 0 Å². The molecule has 1 N–H and O–H groups in total. The van der Waals surface area contributed by atoms with E-state index in [4.69, 9.17) is 4.74 Å². The van der Waals surface area contributed by atoms with E-state index in [9.17, 15) is 4.79 Å². The second-order valence-corrected chi connectivity index (χ2v) is 9.49. The van der Waals surface area contributed by atoms with E-state index in [1.165, 1.54) is 22.5 Å². The molecule has 0 aliphatic heterocycles. The second-order valence-electron chi connectivity index (χ2n) is 7.29. The molecule has 7 heteroatoms. The Bertz CT molecular complexity index is 947. The number of carbonyl (C=O) groups excluding carboxylic acids is 1. The van der Waals surface area contributed by atoms with Crippen molar-refractivity contribution in [2.75, 3.05) is 12.4 Å². The molecule has 0 unspecified atom stereocenters. The number of benzene rings is 2. The normalized spacial score (nSPS) is 11.3. The van der Waals surface area contributed by atoms with E-state index in [0.29, 0.717) is 16.4 Å². The van der Waals surface area contributed by atoms with E-state index in [1.54, 1.807) is 43.1 Å². The zero-order valence-electron chi connectivity index (χ0n) is 16.4. The average Bonchev–Trinajstić information content (AvgIpc) is 3.13. The Hall–Kier alpha value is -2.38. The number of methoxy groups -OCH3 is 1. The smallest absolute Gasteiger partial charge is 0.257 e. The van der Waals surface area contributed by atoms with Crippen molar-refractivity contribution in [2.45, 2.75) is 36.3 Å². The lowest BCUT2D eigenvalue weighted by atomic mass is 9.87. The highest BCUT2D eigenvalue weighted by Gasteiger charge is 2.14. The van der Waals surface area contributed by atoms with E-state index in [0.717, 1.165) is 10.1 Å². The van der Waals surface area contributed by atoms with Gasteiger partial charge in [-0.15, -0.1) is 10.2 Å². The van der Waals surface area contributed by atoms with Crippen molar-refractivity contribution in [1.82, 2.24) is 10.2 Å². The summed E-state index contributed by atoms with van der Waals surface area (Å²) in [4.78, 5) is 12.3. The zero-order chi connectivity index (χ0) is 20.1. The number of aromatic nitrogens is 2. The molecule has 0 aliphatic carbocycles. The van der Waals surface area contributed by atoms with Gasteiger partial charge in [-0.1, -0.05) is 74.2 Å². The molecule has 3 aromatic rings. The maximum absolute atomic E-state index is 12.3. The molecule has 1 amide bonds. The summed E-state index contributed by atoms with van der Waals surface area (Å²) in [6.07, 6.45) is 0. The van der Waals surface area contributed by atoms with Gasteiger partial charge in [0.2, 0.25) is 5.13 Å². The van der Waals surface area contributed by atoms with Crippen LogP contribution < -0.4 is 10.1 Å². The number of hydrogen-bond acceptors (Lipinski definition) is 6. The molecule has 28 heavy (non-hydrogen) atoms. The maximum atomic E-state index is 12.3. The van der Waals surface area contributed by atoms with Crippen LogP contribution in [0.1, 0.15) is 42.3 Å². The number of anilines is 1. The SMILES string of the molecule is COc1cccc(C(=O)Nc2nnc(SCc3ccc(C(C)(C)C)cc3)s2)c1. The van der Waals surface area contributed by atoms with Crippen molar-refractivity contribution < 1.29 is 9.53 Å². The lowest BCUT2D eigenvalue weighted by Crippen LogP contribution is -2.11. The highest BCUT2D eigenvalue weighted by Crippen LogP contribution is 2.29. The number of amides is 1. The fraction of sp³-hybridized carbons (Fsp3) is 0.286. The predicted octanol–water partition coefficient (Wildman–Crippen LogP) is 5.39. The van der Waals surface area contributed by atoms with Crippen LogP contribution in [0.5, 0.6) is 5.75 Å². The van der Waals surface area contributed by atoms with Crippen molar-refractivity contribution in [1.29, 1.82) is 0 Å². The molecule has 146 valence electrons. The van der Waals surface area contributed by atoms with Gasteiger partial charge in [-0.3, -0.25) is 10.1 Å². The minimum Gasteiger partial charge on any atom is -0.497 e. The Balaban J connectivity index is 1.57. The number of ether oxygens (including phenoxy) is 1. The van der Waals surface area contributed by atoms with Gasteiger partial charge in [0.25, 0.3) is 5.91 Å². The lowest BCUT2D eigenvalue weighted by molar-refractivity contribution is 0.102. The van der Waals surface area contributed by atoms with E-state index in [2.05, 4.69) is 60.6 Å². The first kappa shape index (κ1) is 20.4. The minimum absolute atomic E-state index is 0.154. The van der Waals surface area contributed by atoms with Crippen LogP contribution in [-0.2, 0) is 11.2 Å². The van der Waals surface area contributed by atoms with Crippen LogP contribution in [0.4, 0.5) is 5.13 Å². The van der Waals surface area contributed by atoms with Gasteiger partial charge >= 0.3 is 0 Å². The molecule has 1 heterocycles. The van der Waals surface area contributed by atoms with Crippen molar-refractivity contribution in [2.24, 2.45) is 0 Å². The molecule has 0 saturated carbocycles. The van der Waals surface area contributed by atoms with Crippen LogP contribution in [0.25, 0.3) is 0 Å². The maximum Gasteiger partial charge on any atom is 0.257 e. The Morgan fingerprint density at radius 3 is 2.57 bits per heavy atom. The third kappa shape index (κ3) is 5.33. The zero-order valence-corrected chi connectivity index (χ0v) is 18.0. The van der Waals surface area contributed by atoms with Gasteiger partial charge in [-0.2, -0.15) is 0 Å². The van der Waals surface area contributed by atoms with Crippen LogP contribution >= 0.6 is 23.1 Å². The average molecular weight is 414 g/mol. The quantitative estimate of drug-likeness (QED) is 0.434. The molecule has 0 radical (unpaired) electrons. The summed E-state index contributed by atoms with van der Waals surface area (Å²) in [6, 6.07) is 15.7. The molecular weight excluding hydrogens is 390 g/mol. The van der Waals surface area contributed by atoms with Crippen LogP contribution in [0.3, 0.4) is 0 Å². The van der Waals surface area contributed by atoms with Crippen molar-refractivity contribution in [3.05, 3.63) is 65.2 Å². The highest BCUT2D eigenvalue weighted by atomic mass is 32.2. The highest BCUT2D eigenvalue weighted by molar-refractivity contribution is 8.00. The largest absolute Gasteiger partial charge is 0.497 e. The number of carbonyl (C=O) groups is 1. The lowest BCUT2D eigenvalue weighted by Gasteiger charge is -2.19. The van der Waals surface area contributed by atoms with Gasteiger partial charge in [0.05, 0.1) is 7.11 Å². The molecule has 0 fully saturated rings. The number of nitrogens with zero attached hydrogens (tertiary/aromatic N) is 2. The topological polar surface area (TPSA) is 64.1 Å². The number of hydrogen-bond donors (Lipinski definition) is 1. The summed E-state index contributed by atoms with van der Waals surface area (Å²) >= 11 is 2.98. The number of nitrogens with one attached hydrogen (secondary N) is 1. The molecule has 5 nitrogen and oxygen atoms in total. The fourth-order valence-corrected chi connectivity index (χ4v) is 4.20. The number of rotatable bonds is 6. The molecule has 1 aromatic heterocycles. The summed E-state index contributed by atoms with van der Waals surface area (Å²) in [5, 5.41) is 11.5. The van der Waals surface area contributed by atoms with Crippen molar-refractivity contribution >= 4 is 34.1 Å². The van der Waals surface area contributed by atoms with Gasteiger partial charge < -0.3 is 4.74 Å². The van der Waals surface area contributed by atoms with Gasteiger partial charge in [-0.25, -0.2) is 0 Å². The molecule has 0 aliphatic rings. The third-order valence-corrected chi connectivity index (χ3v) is 6.18. The summed E-state index contributed by atoms with van der Waals surface area (Å²) in [7, 11) is 1.57. The van der Waals surface area contributed by atoms with Crippen LogP contribution in [-0.4, -0.2) is 23.2 Å². The van der Waals surface area contributed by atoms with Crippen LogP contribution in [0.15, 0.2) is 52.9 Å². The first-order valence-corrected chi connectivity index (χ1v) is 10.7. The number of thioether (sulfide) groups is 1. The van der Waals surface area contributed by atoms with E-state index in [1.807, 2.05) is 0 Å². The second kappa shape index (κ2) is 8.75. The van der Waals surface area contributed by atoms with E-state index in [-0.39, 0.29) is 11.3 Å². The predicted molar refractivity (Wildman–Crippen MR) is 116 cm³/mol. The van der Waals surface area contributed by atoms with Crippen LogP contribution in [0.2, 0.25) is 0 Å². The standard InChI is InChI=1S/C21H23N3O2S2/c1-21(2,3)16-10-8-14(9-11-16)13-27-20-24-23-19(28-20)22-18(25)15-6-5-7-17(12-15)26-4/h5-12H,13H2,1-4H3,(H,22,23,25). The van der Waals surface area contributed by atoms with Crippen molar-refractivity contribution in [3.8, 4) is 5.75 Å². The van der Waals surface area contributed by atoms with E-state index < -0.39 is 0 Å². The Labute approximate surface area is 173 Å². The Kier molecular flexibility index (Phi) is 6.36. The molecule has 0 atom stereocenters. The Morgan fingerprint density at radius 1 is 1.14 bits per heavy atom. The summed E-state index contributed by atoms with van der Waals surface area (Å²) in [5.41, 5.74) is 3.22. The molecule has 3 rings (SSSR count). The van der Waals surface area contributed by atoms with E-state index >= 15 is 0 Å². The first-order chi connectivity index (χ1) is 13.3. The van der Waals surface area contributed by atoms with Crippen molar-refractivity contribution in [3.63, 3.8) is 0 Å². The fourth-order valence-electron chi connectivity index (χ4n) is 2.50. The first-order valence-electron chi connectivity index (χ1n) is 8.86. The third-order valence-electron chi connectivity index (χ3n) is 4.14. The molecule has 2 aromatic carbocycles. The molecule has 0 saturated heterocycles. The van der Waals surface area contributed by atoms with Gasteiger partial charge in [0.1, 0.15) is 5.75 Å². The summed E-state index contributed by atoms with van der Waals surface area (Å²) in [6.45, 7) is 6.62. The van der Waals surface area contributed by atoms with Gasteiger partial charge in [0, 0.05) is 11.3 Å². The minimum atomic E-state index is -0.232. The monoisotopic (exact) mass is 413 g/mol. The van der Waals surface area contributed by atoms with Gasteiger partial charge in [0.15, 0.2) is 4.34 Å². The molecule has 0 spiro atoms. The van der Waals surface area contributed by atoms with Gasteiger partial charge in [-0.05, 0) is 34.7 Å². The summed E-state index contributed by atoms with van der Waals surface area (Å²) < 4.78 is 5.97. The summed E-state index contributed by atoms with van der Waals surface area (Å²) in [5.74, 6) is 1.21. The molecular formula is C21H23N3O2S2. The molecule has 0 bridgehead atoms. The Morgan fingerprint density at radius 2 is 1.89 bits per heavy atom.